The monoisotopic (exact) mass is 393 g/mol. The molecule has 0 spiro atoms. The smallest absolute Gasteiger partial charge is 0.176 e. The van der Waals surface area contributed by atoms with Crippen LogP contribution in [0.1, 0.15) is 12.5 Å². The first-order valence-electron chi connectivity index (χ1n) is 7.85. The molecule has 124 valence electrons. The summed E-state index contributed by atoms with van der Waals surface area (Å²) in [5.41, 5.74) is 3.26. The van der Waals surface area contributed by atoms with Gasteiger partial charge in [0.2, 0.25) is 0 Å². The average molecular weight is 394 g/mol. The first-order valence-corrected chi connectivity index (χ1v) is 8.65. The van der Waals surface area contributed by atoms with Gasteiger partial charge in [0.15, 0.2) is 12.2 Å². The molecule has 0 radical (unpaired) electrons. The molecule has 1 heterocycles. The number of nitrogens with zero attached hydrogens (tertiary/aromatic N) is 3. The quantitative estimate of drug-likeness (QED) is 0.425. The lowest BCUT2D eigenvalue weighted by molar-refractivity contribution is 0.344. The fourth-order valence-corrected chi connectivity index (χ4v) is 2.79. The van der Waals surface area contributed by atoms with Crippen molar-refractivity contribution in [3.8, 4) is 22.9 Å². The number of nitriles is 1. The van der Waals surface area contributed by atoms with Crippen LogP contribution in [0.4, 0.5) is 5.82 Å². The van der Waals surface area contributed by atoms with Crippen molar-refractivity contribution >= 4 is 28.1 Å². The van der Waals surface area contributed by atoms with Gasteiger partial charge in [-0.25, -0.2) is 4.99 Å². The molecule has 2 aromatic carbocycles. The largest absolute Gasteiger partial charge is 0.483 e. The highest BCUT2D eigenvalue weighted by Crippen LogP contribution is 2.35. The van der Waals surface area contributed by atoms with E-state index in [4.69, 9.17) is 4.74 Å². The zero-order chi connectivity index (χ0) is 17.6. The summed E-state index contributed by atoms with van der Waals surface area (Å²) >= 11 is 3.45. The summed E-state index contributed by atoms with van der Waals surface area (Å²) in [6.45, 7) is 2.41. The van der Waals surface area contributed by atoms with E-state index in [0.717, 1.165) is 21.3 Å². The predicted molar refractivity (Wildman–Crippen MR) is 103 cm³/mol. The minimum absolute atomic E-state index is 0.519. The Balaban J connectivity index is 2.20. The molecule has 0 aliphatic carbocycles. The van der Waals surface area contributed by atoms with E-state index in [1.807, 2.05) is 72.3 Å². The number of halogens is 1. The molecule has 1 aromatic heterocycles. The molecule has 0 amide bonds. The van der Waals surface area contributed by atoms with Crippen molar-refractivity contribution in [3.05, 3.63) is 70.8 Å². The fraction of sp³-hybridized carbons (Fsp3) is 0.100. The third-order valence-corrected chi connectivity index (χ3v) is 4.23. The Bertz CT molecular complexity index is 922. The van der Waals surface area contributed by atoms with E-state index in [1.165, 1.54) is 6.40 Å². The molecule has 0 bridgehead atoms. The summed E-state index contributed by atoms with van der Waals surface area (Å²) in [7, 11) is 0. The Morgan fingerprint density at radius 3 is 2.52 bits per heavy atom. The Labute approximate surface area is 155 Å². The Morgan fingerprint density at radius 1 is 1.16 bits per heavy atom. The van der Waals surface area contributed by atoms with E-state index in [2.05, 4.69) is 27.0 Å². The summed E-state index contributed by atoms with van der Waals surface area (Å²) < 4.78 is 8.14. The SMILES string of the molecule is CCO/C=N/c1c(C#N)c(-c2ccccc2)cn1-c1ccc(Br)cc1. The first kappa shape index (κ1) is 17.0. The lowest BCUT2D eigenvalue weighted by Gasteiger charge is -2.06. The van der Waals surface area contributed by atoms with Crippen LogP contribution in [0.5, 0.6) is 0 Å². The van der Waals surface area contributed by atoms with Gasteiger partial charge >= 0.3 is 0 Å². The van der Waals surface area contributed by atoms with Crippen LogP contribution in [0.25, 0.3) is 16.8 Å². The lowest BCUT2D eigenvalue weighted by Crippen LogP contribution is -1.93. The van der Waals surface area contributed by atoms with Gasteiger partial charge in [-0.2, -0.15) is 5.26 Å². The molecular formula is C20H16BrN3O. The van der Waals surface area contributed by atoms with Gasteiger partial charge in [-0.15, -0.1) is 0 Å². The zero-order valence-electron chi connectivity index (χ0n) is 13.7. The summed E-state index contributed by atoms with van der Waals surface area (Å²) in [5, 5.41) is 9.74. The third-order valence-electron chi connectivity index (χ3n) is 3.70. The number of aromatic nitrogens is 1. The second-order valence-corrected chi connectivity index (χ2v) is 6.17. The topological polar surface area (TPSA) is 50.3 Å². The van der Waals surface area contributed by atoms with Gasteiger partial charge in [0.1, 0.15) is 11.6 Å². The maximum atomic E-state index is 9.74. The highest BCUT2D eigenvalue weighted by molar-refractivity contribution is 9.10. The summed E-state index contributed by atoms with van der Waals surface area (Å²) in [4.78, 5) is 4.39. The molecule has 0 aliphatic heterocycles. The van der Waals surface area contributed by atoms with Crippen molar-refractivity contribution in [2.24, 2.45) is 4.99 Å². The number of benzene rings is 2. The van der Waals surface area contributed by atoms with Crippen LogP contribution >= 0.6 is 15.9 Å². The fourth-order valence-electron chi connectivity index (χ4n) is 2.53. The van der Waals surface area contributed by atoms with Gasteiger partial charge in [-0.1, -0.05) is 46.3 Å². The van der Waals surface area contributed by atoms with E-state index in [-0.39, 0.29) is 0 Å². The minimum Gasteiger partial charge on any atom is -0.483 e. The van der Waals surface area contributed by atoms with E-state index in [1.54, 1.807) is 0 Å². The molecule has 3 aromatic rings. The van der Waals surface area contributed by atoms with E-state index in [9.17, 15) is 5.26 Å². The number of aliphatic imine (C=N–C) groups is 1. The molecule has 0 fully saturated rings. The normalized spacial score (nSPS) is 10.8. The lowest BCUT2D eigenvalue weighted by atomic mass is 10.1. The first-order chi connectivity index (χ1) is 12.2. The van der Waals surface area contributed by atoms with Crippen LogP contribution < -0.4 is 0 Å². The Kier molecular flexibility index (Phi) is 5.32. The van der Waals surface area contributed by atoms with E-state index in [0.29, 0.717) is 18.0 Å². The van der Waals surface area contributed by atoms with Crippen LogP contribution in [0.15, 0.2) is 70.3 Å². The van der Waals surface area contributed by atoms with Crippen molar-refractivity contribution in [1.29, 1.82) is 5.26 Å². The van der Waals surface area contributed by atoms with Gasteiger partial charge in [-0.3, -0.25) is 4.57 Å². The second-order valence-electron chi connectivity index (χ2n) is 5.26. The Hall–Kier alpha value is -2.84. The van der Waals surface area contributed by atoms with Crippen molar-refractivity contribution in [1.82, 2.24) is 4.57 Å². The number of hydrogen-bond acceptors (Lipinski definition) is 3. The molecule has 25 heavy (non-hydrogen) atoms. The van der Waals surface area contributed by atoms with Crippen molar-refractivity contribution < 1.29 is 4.74 Å². The van der Waals surface area contributed by atoms with Gasteiger partial charge in [0.25, 0.3) is 0 Å². The van der Waals surface area contributed by atoms with Crippen LogP contribution in [0.2, 0.25) is 0 Å². The van der Waals surface area contributed by atoms with Gasteiger partial charge in [0, 0.05) is 21.9 Å². The van der Waals surface area contributed by atoms with Crippen molar-refractivity contribution in [2.45, 2.75) is 6.92 Å². The molecule has 0 N–H and O–H groups in total. The van der Waals surface area contributed by atoms with Gasteiger partial charge in [0.05, 0.1) is 6.61 Å². The van der Waals surface area contributed by atoms with Crippen molar-refractivity contribution in [2.75, 3.05) is 6.61 Å². The molecule has 3 rings (SSSR count). The number of rotatable bonds is 5. The molecule has 5 heteroatoms. The molecule has 0 aliphatic rings. The third kappa shape index (κ3) is 3.65. The molecule has 4 nitrogen and oxygen atoms in total. The molecule has 0 saturated carbocycles. The molecule has 0 unspecified atom stereocenters. The average Bonchev–Trinajstić information content (AvgIpc) is 3.02. The highest BCUT2D eigenvalue weighted by Gasteiger charge is 2.17. The second kappa shape index (κ2) is 7.82. The molecule has 0 atom stereocenters. The number of ether oxygens (including phenoxy) is 1. The maximum Gasteiger partial charge on any atom is 0.176 e. The summed E-state index contributed by atoms with van der Waals surface area (Å²) in [6, 6.07) is 20.0. The summed E-state index contributed by atoms with van der Waals surface area (Å²) in [5.74, 6) is 0.553. The van der Waals surface area contributed by atoms with E-state index >= 15 is 0 Å². The van der Waals surface area contributed by atoms with Crippen LogP contribution in [-0.4, -0.2) is 17.6 Å². The van der Waals surface area contributed by atoms with Crippen molar-refractivity contribution in [3.63, 3.8) is 0 Å². The molecule has 0 saturated heterocycles. The minimum atomic E-state index is 0.519. The van der Waals surface area contributed by atoms with Crippen LogP contribution in [-0.2, 0) is 4.74 Å². The standard InChI is InChI=1S/C20H16BrN3O/c1-2-25-14-23-20-18(12-22)19(15-6-4-3-5-7-15)13-24(20)17-10-8-16(21)9-11-17/h3-11,13-14H,2H2,1H3/b23-14+. The number of hydrogen-bond donors (Lipinski definition) is 0. The predicted octanol–water partition coefficient (Wildman–Crippen LogP) is 5.47. The van der Waals surface area contributed by atoms with Gasteiger partial charge < -0.3 is 4.74 Å². The molecular weight excluding hydrogens is 378 g/mol. The Morgan fingerprint density at radius 2 is 1.88 bits per heavy atom. The summed E-state index contributed by atoms with van der Waals surface area (Å²) in [6.07, 6.45) is 3.33. The van der Waals surface area contributed by atoms with Crippen LogP contribution in [0.3, 0.4) is 0 Å². The highest BCUT2D eigenvalue weighted by atomic mass is 79.9. The van der Waals surface area contributed by atoms with Gasteiger partial charge in [-0.05, 0) is 36.8 Å². The maximum absolute atomic E-state index is 9.74. The van der Waals surface area contributed by atoms with Crippen LogP contribution in [0, 0.1) is 11.3 Å². The van der Waals surface area contributed by atoms with E-state index < -0.39 is 0 Å². The zero-order valence-corrected chi connectivity index (χ0v) is 15.3.